The van der Waals surface area contributed by atoms with Crippen LogP contribution in [0.5, 0.6) is 0 Å². The molecule has 184 valence electrons. The first-order valence-corrected chi connectivity index (χ1v) is 13.9. The van der Waals surface area contributed by atoms with Crippen LogP contribution >= 0.6 is 0 Å². The maximum absolute atomic E-state index is 11.5. The minimum absolute atomic E-state index is 0.245. The van der Waals surface area contributed by atoms with Gasteiger partial charge in [-0.1, -0.05) is 103 Å². The Bertz CT molecular complexity index is 426. The van der Waals surface area contributed by atoms with Gasteiger partial charge in [0, 0.05) is 6.42 Å². The summed E-state index contributed by atoms with van der Waals surface area (Å²) < 4.78 is 1.21. The molecule has 0 aromatic rings. The van der Waals surface area contributed by atoms with Crippen molar-refractivity contribution in [3.63, 3.8) is 0 Å². The predicted molar refractivity (Wildman–Crippen MR) is 140 cm³/mol. The molecular weight excluding hydrogens is 378 g/mol. The average molecular weight is 437 g/mol. The lowest BCUT2D eigenvalue weighted by atomic mass is 10.0. The second-order valence-corrected chi connectivity index (χ2v) is 10.7. The highest BCUT2D eigenvalue weighted by molar-refractivity contribution is 5.93. The van der Waals surface area contributed by atoms with Crippen LogP contribution in [0, 0.1) is 0 Å². The Balaban J connectivity index is 3.37. The number of allylic oxidation sites excluding steroid dienone is 1. The van der Waals surface area contributed by atoms with Crippen molar-refractivity contribution >= 4 is 5.78 Å². The van der Waals surface area contributed by atoms with Gasteiger partial charge in [0.25, 0.3) is 0 Å². The molecule has 0 unspecified atom stereocenters. The van der Waals surface area contributed by atoms with Crippen LogP contribution in [0.4, 0.5) is 0 Å². The zero-order valence-corrected chi connectivity index (χ0v) is 22.1. The molecule has 0 N–H and O–H groups in total. The fraction of sp³-hybridized carbons (Fsp3) is 0.897. The SMILES string of the molecule is C=C(C)C(=O)CCCCCCCCCCC[N+](C)(C)CCCCCCCCCCCC. The van der Waals surface area contributed by atoms with Gasteiger partial charge >= 0.3 is 0 Å². The van der Waals surface area contributed by atoms with E-state index in [-0.39, 0.29) is 5.78 Å². The van der Waals surface area contributed by atoms with Gasteiger partial charge in [-0.3, -0.25) is 4.79 Å². The van der Waals surface area contributed by atoms with Crippen molar-refractivity contribution in [2.75, 3.05) is 27.2 Å². The van der Waals surface area contributed by atoms with Gasteiger partial charge in [-0.2, -0.15) is 0 Å². The molecule has 0 aromatic carbocycles. The van der Waals surface area contributed by atoms with Crippen molar-refractivity contribution in [3.8, 4) is 0 Å². The van der Waals surface area contributed by atoms with Crippen LogP contribution in [0.3, 0.4) is 0 Å². The minimum Gasteiger partial charge on any atom is -0.328 e. The van der Waals surface area contributed by atoms with Crippen LogP contribution in [0.1, 0.15) is 142 Å². The van der Waals surface area contributed by atoms with Crippen molar-refractivity contribution in [3.05, 3.63) is 12.2 Å². The molecule has 0 fully saturated rings. The third kappa shape index (κ3) is 22.4. The number of carbonyl (C=O) groups is 1. The number of Topliss-reactive ketones (excluding diaryl/α,β-unsaturated/α-hetero) is 1. The number of hydrogen-bond donors (Lipinski definition) is 0. The lowest BCUT2D eigenvalue weighted by Crippen LogP contribution is -2.41. The Morgan fingerprint density at radius 2 is 0.903 bits per heavy atom. The number of ketones is 1. The van der Waals surface area contributed by atoms with E-state index in [1.54, 1.807) is 0 Å². The molecule has 2 heteroatoms. The molecular formula is C29H58NO+. The Kier molecular flexibility index (Phi) is 20.8. The van der Waals surface area contributed by atoms with Crippen LogP contribution in [0.15, 0.2) is 12.2 Å². The van der Waals surface area contributed by atoms with E-state index in [0.717, 1.165) is 6.42 Å². The molecule has 0 aromatic heterocycles. The topological polar surface area (TPSA) is 17.1 Å². The fourth-order valence-electron chi connectivity index (χ4n) is 4.42. The Hall–Kier alpha value is -0.630. The van der Waals surface area contributed by atoms with Crippen LogP contribution in [-0.2, 0) is 4.79 Å². The number of unbranched alkanes of at least 4 members (excludes halogenated alkanes) is 17. The van der Waals surface area contributed by atoms with Crippen molar-refractivity contribution in [1.82, 2.24) is 0 Å². The van der Waals surface area contributed by atoms with Crippen LogP contribution < -0.4 is 0 Å². The number of rotatable bonds is 24. The monoisotopic (exact) mass is 436 g/mol. The smallest absolute Gasteiger partial charge is 0.157 e. The van der Waals surface area contributed by atoms with Crippen molar-refractivity contribution in [2.45, 2.75) is 142 Å². The van der Waals surface area contributed by atoms with Gasteiger partial charge in [-0.25, -0.2) is 0 Å². The second-order valence-electron chi connectivity index (χ2n) is 10.7. The summed E-state index contributed by atoms with van der Waals surface area (Å²) in [5, 5.41) is 0. The number of quaternary nitrogens is 1. The highest BCUT2D eigenvalue weighted by atomic mass is 16.1. The number of carbonyl (C=O) groups excluding carboxylic acids is 1. The maximum Gasteiger partial charge on any atom is 0.157 e. The molecule has 0 rings (SSSR count). The summed E-state index contributed by atoms with van der Waals surface area (Å²) in [5.41, 5.74) is 0.713. The third-order valence-electron chi connectivity index (χ3n) is 6.76. The van der Waals surface area contributed by atoms with Crippen LogP contribution in [0.25, 0.3) is 0 Å². The minimum atomic E-state index is 0.245. The molecule has 0 spiro atoms. The first-order chi connectivity index (χ1) is 14.9. The van der Waals surface area contributed by atoms with Crippen molar-refractivity contribution < 1.29 is 9.28 Å². The van der Waals surface area contributed by atoms with E-state index in [9.17, 15) is 4.79 Å². The van der Waals surface area contributed by atoms with Gasteiger partial charge in [-0.15, -0.1) is 0 Å². The van der Waals surface area contributed by atoms with Crippen LogP contribution in [0.2, 0.25) is 0 Å². The Labute approximate surface area is 196 Å². The average Bonchev–Trinajstić information content (AvgIpc) is 2.73. The highest BCUT2D eigenvalue weighted by Gasteiger charge is 2.13. The molecule has 0 heterocycles. The fourth-order valence-corrected chi connectivity index (χ4v) is 4.42. The van der Waals surface area contributed by atoms with Gasteiger partial charge in [0.1, 0.15) is 0 Å². The first-order valence-electron chi connectivity index (χ1n) is 13.9. The molecule has 0 atom stereocenters. The third-order valence-corrected chi connectivity index (χ3v) is 6.76. The molecule has 0 aliphatic carbocycles. The molecule has 2 nitrogen and oxygen atoms in total. The summed E-state index contributed by atoms with van der Waals surface area (Å²) in [6.45, 7) is 10.5. The number of nitrogens with zero attached hydrogens (tertiary/aromatic N) is 1. The van der Waals surface area contributed by atoms with E-state index in [2.05, 4.69) is 27.6 Å². The van der Waals surface area contributed by atoms with Crippen LogP contribution in [-0.4, -0.2) is 37.5 Å². The van der Waals surface area contributed by atoms with E-state index in [1.807, 2.05) is 6.92 Å². The van der Waals surface area contributed by atoms with Gasteiger partial charge in [0.15, 0.2) is 5.78 Å². The largest absolute Gasteiger partial charge is 0.328 e. The lowest BCUT2D eigenvalue weighted by Gasteiger charge is -2.30. The molecule has 0 saturated carbocycles. The Morgan fingerprint density at radius 1 is 0.581 bits per heavy atom. The van der Waals surface area contributed by atoms with Gasteiger partial charge < -0.3 is 4.48 Å². The lowest BCUT2D eigenvalue weighted by molar-refractivity contribution is -0.890. The molecule has 0 bridgehead atoms. The zero-order valence-electron chi connectivity index (χ0n) is 22.1. The molecule has 0 aliphatic rings. The van der Waals surface area contributed by atoms with Gasteiger partial charge in [0.2, 0.25) is 0 Å². The van der Waals surface area contributed by atoms with E-state index in [4.69, 9.17) is 0 Å². The Morgan fingerprint density at radius 3 is 1.26 bits per heavy atom. The summed E-state index contributed by atoms with van der Waals surface area (Å²) in [4.78, 5) is 11.5. The number of hydrogen-bond acceptors (Lipinski definition) is 1. The second kappa shape index (κ2) is 21.2. The van der Waals surface area contributed by atoms with Gasteiger partial charge in [0.05, 0.1) is 27.2 Å². The van der Waals surface area contributed by atoms with E-state index >= 15 is 0 Å². The summed E-state index contributed by atoms with van der Waals surface area (Å²) in [6.07, 6.45) is 26.8. The van der Waals surface area contributed by atoms with E-state index < -0.39 is 0 Å². The zero-order chi connectivity index (χ0) is 23.2. The van der Waals surface area contributed by atoms with E-state index in [0.29, 0.717) is 12.0 Å². The standard InChI is InChI=1S/C29H58NO/c1-6-7-8-9-10-11-14-17-20-23-26-30(4,5)27-24-21-18-15-12-13-16-19-22-25-29(31)28(2)3/h2,6-27H2,1,3-5H3/q+1. The summed E-state index contributed by atoms with van der Waals surface area (Å²) in [7, 11) is 4.85. The maximum atomic E-state index is 11.5. The van der Waals surface area contributed by atoms with Crippen molar-refractivity contribution in [1.29, 1.82) is 0 Å². The molecule has 0 radical (unpaired) electrons. The normalized spacial score (nSPS) is 11.7. The van der Waals surface area contributed by atoms with Crippen molar-refractivity contribution in [2.24, 2.45) is 0 Å². The first kappa shape index (κ1) is 30.4. The highest BCUT2D eigenvalue weighted by Crippen LogP contribution is 2.14. The molecule has 0 saturated heterocycles. The molecule has 31 heavy (non-hydrogen) atoms. The predicted octanol–water partition coefficient (Wildman–Crippen LogP) is 9.03. The summed E-state index contributed by atoms with van der Waals surface area (Å²) in [6, 6.07) is 0. The quantitative estimate of drug-likeness (QED) is 0.0837. The molecule has 0 aliphatic heterocycles. The summed E-state index contributed by atoms with van der Waals surface area (Å²) >= 11 is 0. The summed E-state index contributed by atoms with van der Waals surface area (Å²) in [5.74, 6) is 0.245. The molecule has 0 amide bonds. The van der Waals surface area contributed by atoms with Gasteiger partial charge in [-0.05, 0) is 44.6 Å². The van der Waals surface area contributed by atoms with E-state index in [1.165, 1.54) is 133 Å².